The van der Waals surface area contributed by atoms with Crippen molar-refractivity contribution in [2.24, 2.45) is 0 Å². The van der Waals surface area contributed by atoms with E-state index in [4.69, 9.17) is 15.2 Å². The highest BCUT2D eigenvalue weighted by Crippen LogP contribution is 2.40. The summed E-state index contributed by atoms with van der Waals surface area (Å²) in [6.07, 6.45) is 1.09. The van der Waals surface area contributed by atoms with E-state index in [1.807, 2.05) is 0 Å². The van der Waals surface area contributed by atoms with Gasteiger partial charge >= 0.3 is 11.6 Å². The number of benzene rings is 1. The third kappa shape index (κ3) is 3.22. The summed E-state index contributed by atoms with van der Waals surface area (Å²) in [6, 6.07) is 3.24. The SMILES string of the molecule is COc1cc(Br)c(Oc2ncnc(N)c2[N+](=O)[O-])cc1Br. The molecule has 0 aliphatic rings. The molecule has 0 fully saturated rings. The van der Waals surface area contributed by atoms with Crippen LogP contribution in [0.4, 0.5) is 11.5 Å². The Morgan fingerprint density at radius 1 is 1.24 bits per heavy atom. The molecule has 1 aromatic heterocycles. The number of rotatable bonds is 4. The number of anilines is 1. The maximum Gasteiger partial charge on any atom is 0.372 e. The van der Waals surface area contributed by atoms with Crippen LogP contribution in [0.1, 0.15) is 0 Å². The summed E-state index contributed by atoms with van der Waals surface area (Å²) in [5, 5.41) is 11.0. The zero-order chi connectivity index (χ0) is 15.6. The molecular weight excluding hydrogens is 412 g/mol. The first-order valence-corrected chi connectivity index (χ1v) is 6.98. The number of methoxy groups -OCH3 is 1. The molecule has 10 heteroatoms. The molecule has 0 atom stereocenters. The number of aromatic nitrogens is 2. The second-order valence-corrected chi connectivity index (χ2v) is 5.40. The van der Waals surface area contributed by atoms with Crippen LogP contribution in [0.15, 0.2) is 27.4 Å². The van der Waals surface area contributed by atoms with Crippen molar-refractivity contribution in [1.82, 2.24) is 9.97 Å². The van der Waals surface area contributed by atoms with E-state index in [-0.39, 0.29) is 11.7 Å². The molecule has 0 amide bonds. The molecular formula is C11H8Br2N4O4. The van der Waals surface area contributed by atoms with Gasteiger partial charge < -0.3 is 15.2 Å². The summed E-state index contributed by atoms with van der Waals surface area (Å²) in [5.41, 5.74) is 4.99. The van der Waals surface area contributed by atoms with Gasteiger partial charge in [0, 0.05) is 0 Å². The van der Waals surface area contributed by atoms with Crippen LogP contribution in [0.2, 0.25) is 0 Å². The third-order valence-electron chi connectivity index (χ3n) is 2.41. The van der Waals surface area contributed by atoms with Crippen LogP contribution in [-0.2, 0) is 0 Å². The molecule has 1 heterocycles. The number of ether oxygens (including phenoxy) is 2. The highest BCUT2D eigenvalue weighted by atomic mass is 79.9. The quantitative estimate of drug-likeness (QED) is 0.597. The number of nitro groups is 1. The predicted octanol–water partition coefficient (Wildman–Crippen LogP) is 3.29. The summed E-state index contributed by atoms with van der Waals surface area (Å²) in [5.74, 6) is 0.369. The summed E-state index contributed by atoms with van der Waals surface area (Å²) >= 11 is 6.59. The Labute approximate surface area is 135 Å². The van der Waals surface area contributed by atoms with Crippen molar-refractivity contribution < 1.29 is 14.4 Å². The molecule has 21 heavy (non-hydrogen) atoms. The van der Waals surface area contributed by atoms with Crippen molar-refractivity contribution in [2.75, 3.05) is 12.8 Å². The first kappa shape index (κ1) is 15.4. The molecule has 0 radical (unpaired) electrons. The summed E-state index contributed by atoms with van der Waals surface area (Å²) in [6.45, 7) is 0. The zero-order valence-electron chi connectivity index (χ0n) is 10.5. The number of nitrogen functional groups attached to an aromatic ring is 1. The van der Waals surface area contributed by atoms with Gasteiger partial charge in [0.25, 0.3) is 0 Å². The van der Waals surface area contributed by atoms with E-state index in [2.05, 4.69) is 41.8 Å². The van der Waals surface area contributed by atoms with Crippen LogP contribution in [0.25, 0.3) is 0 Å². The molecule has 0 spiro atoms. The van der Waals surface area contributed by atoms with Crippen molar-refractivity contribution in [3.8, 4) is 17.4 Å². The topological polar surface area (TPSA) is 113 Å². The molecule has 2 rings (SSSR count). The first-order valence-electron chi connectivity index (χ1n) is 5.39. The van der Waals surface area contributed by atoms with E-state index in [1.54, 1.807) is 12.1 Å². The van der Waals surface area contributed by atoms with E-state index >= 15 is 0 Å². The van der Waals surface area contributed by atoms with Gasteiger partial charge in [0.15, 0.2) is 0 Å². The normalized spacial score (nSPS) is 10.2. The number of nitrogens with two attached hydrogens (primary N) is 1. The van der Waals surface area contributed by atoms with Gasteiger partial charge in [-0.1, -0.05) is 0 Å². The van der Waals surface area contributed by atoms with Gasteiger partial charge in [-0.05, 0) is 44.0 Å². The zero-order valence-corrected chi connectivity index (χ0v) is 13.7. The van der Waals surface area contributed by atoms with E-state index in [0.29, 0.717) is 20.4 Å². The number of hydrogen-bond acceptors (Lipinski definition) is 7. The Kier molecular flexibility index (Phi) is 4.58. The molecule has 2 aromatic rings. The van der Waals surface area contributed by atoms with Gasteiger partial charge in [-0.25, -0.2) is 4.98 Å². The Morgan fingerprint density at radius 2 is 1.86 bits per heavy atom. The smallest absolute Gasteiger partial charge is 0.372 e. The molecule has 0 saturated heterocycles. The molecule has 0 bridgehead atoms. The minimum absolute atomic E-state index is 0.245. The standard InChI is InChI=1S/C11H8Br2N4O4/c1-20-7-2-6(13)8(3-5(7)12)21-11-9(17(18)19)10(14)15-4-16-11/h2-4H,1H3,(H2,14,15,16). The average molecular weight is 420 g/mol. The molecule has 110 valence electrons. The largest absolute Gasteiger partial charge is 0.496 e. The monoisotopic (exact) mass is 418 g/mol. The minimum Gasteiger partial charge on any atom is -0.496 e. The van der Waals surface area contributed by atoms with Crippen molar-refractivity contribution in [1.29, 1.82) is 0 Å². The second-order valence-electron chi connectivity index (χ2n) is 3.69. The molecule has 0 aliphatic heterocycles. The van der Waals surface area contributed by atoms with Crippen molar-refractivity contribution in [3.63, 3.8) is 0 Å². The summed E-state index contributed by atoms with van der Waals surface area (Å²) < 4.78 is 11.7. The summed E-state index contributed by atoms with van der Waals surface area (Å²) in [4.78, 5) is 17.6. The average Bonchev–Trinajstić information content (AvgIpc) is 2.42. The lowest BCUT2D eigenvalue weighted by atomic mass is 10.3. The number of halogens is 2. The molecule has 1 aromatic carbocycles. The van der Waals surface area contributed by atoms with Crippen LogP contribution >= 0.6 is 31.9 Å². The molecule has 8 nitrogen and oxygen atoms in total. The third-order valence-corrected chi connectivity index (χ3v) is 3.65. The number of hydrogen-bond donors (Lipinski definition) is 1. The Hall–Kier alpha value is -1.94. The van der Waals surface area contributed by atoms with Crippen LogP contribution in [-0.4, -0.2) is 22.0 Å². The lowest BCUT2D eigenvalue weighted by molar-refractivity contribution is -0.385. The van der Waals surface area contributed by atoms with Crippen LogP contribution in [0, 0.1) is 10.1 Å². The van der Waals surface area contributed by atoms with E-state index in [0.717, 1.165) is 6.33 Å². The van der Waals surface area contributed by atoms with Gasteiger partial charge in [0.2, 0.25) is 5.82 Å². The van der Waals surface area contributed by atoms with Gasteiger partial charge in [0.1, 0.15) is 17.8 Å². The van der Waals surface area contributed by atoms with Gasteiger partial charge in [0.05, 0.1) is 21.0 Å². The minimum atomic E-state index is -0.697. The predicted molar refractivity (Wildman–Crippen MR) is 81.6 cm³/mol. The highest BCUT2D eigenvalue weighted by molar-refractivity contribution is 9.11. The van der Waals surface area contributed by atoms with Crippen molar-refractivity contribution in [3.05, 3.63) is 37.5 Å². The fourth-order valence-corrected chi connectivity index (χ4v) is 2.36. The van der Waals surface area contributed by atoms with Gasteiger partial charge in [-0.2, -0.15) is 4.98 Å². The van der Waals surface area contributed by atoms with Gasteiger partial charge in [-0.15, -0.1) is 0 Å². The summed E-state index contributed by atoms with van der Waals surface area (Å²) in [7, 11) is 1.52. The van der Waals surface area contributed by atoms with Gasteiger partial charge in [-0.3, -0.25) is 10.1 Å². The first-order chi connectivity index (χ1) is 9.93. The fraction of sp³-hybridized carbons (Fsp3) is 0.0909. The van der Waals surface area contributed by atoms with E-state index in [1.165, 1.54) is 7.11 Å². The van der Waals surface area contributed by atoms with E-state index in [9.17, 15) is 10.1 Å². The molecule has 0 aliphatic carbocycles. The van der Waals surface area contributed by atoms with Crippen molar-refractivity contribution >= 4 is 43.4 Å². The molecule has 2 N–H and O–H groups in total. The highest BCUT2D eigenvalue weighted by Gasteiger charge is 2.24. The number of nitrogens with zero attached hydrogens (tertiary/aromatic N) is 3. The van der Waals surface area contributed by atoms with Crippen LogP contribution < -0.4 is 15.2 Å². The Morgan fingerprint density at radius 3 is 2.48 bits per heavy atom. The lowest BCUT2D eigenvalue weighted by Crippen LogP contribution is -2.03. The maximum absolute atomic E-state index is 11.0. The van der Waals surface area contributed by atoms with E-state index < -0.39 is 10.6 Å². The molecule has 0 saturated carbocycles. The van der Waals surface area contributed by atoms with Crippen LogP contribution in [0.5, 0.6) is 17.4 Å². The Balaban J connectivity index is 2.46. The van der Waals surface area contributed by atoms with Crippen LogP contribution in [0.3, 0.4) is 0 Å². The second kappa shape index (κ2) is 6.22. The van der Waals surface area contributed by atoms with Crippen molar-refractivity contribution in [2.45, 2.75) is 0 Å². The maximum atomic E-state index is 11.0. The lowest BCUT2D eigenvalue weighted by Gasteiger charge is -2.10. The molecule has 0 unspecified atom stereocenters. The fourth-order valence-electron chi connectivity index (χ4n) is 1.47. The Bertz CT molecular complexity index is 711.